The molecule has 0 aliphatic carbocycles. The van der Waals surface area contributed by atoms with E-state index in [2.05, 4.69) is 14.7 Å². The maximum atomic E-state index is 12.3. The minimum Gasteiger partial charge on any atom is -0.481 e. The summed E-state index contributed by atoms with van der Waals surface area (Å²) < 4.78 is 39.9. The van der Waals surface area contributed by atoms with Gasteiger partial charge in [-0.25, -0.2) is 0 Å². The van der Waals surface area contributed by atoms with Crippen LogP contribution in [0.4, 0.5) is 18.3 Å². The maximum absolute atomic E-state index is 12.3. The number of carboxylic acids is 1. The van der Waals surface area contributed by atoms with Gasteiger partial charge in [0.1, 0.15) is 0 Å². The molecule has 18 heavy (non-hydrogen) atoms. The number of carboxylic acid groups (broad SMARTS) is 1. The summed E-state index contributed by atoms with van der Waals surface area (Å²) in [5.41, 5.74) is 0. The fraction of sp³-hybridized carbons (Fsp3) is 0.667. The summed E-state index contributed by atoms with van der Waals surface area (Å²) in [6.07, 6.45) is -3.50. The Hall–Kier alpha value is -1.38. The summed E-state index contributed by atoms with van der Waals surface area (Å²) in [7, 11) is 0. The fourth-order valence-electron chi connectivity index (χ4n) is 1.36. The molecule has 2 N–H and O–H groups in total. The number of hydrogen-bond acceptors (Lipinski definition) is 5. The summed E-state index contributed by atoms with van der Waals surface area (Å²) in [5, 5.41) is 11.3. The van der Waals surface area contributed by atoms with Crippen molar-refractivity contribution in [1.29, 1.82) is 0 Å². The van der Waals surface area contributed by atoms with E-state index in [1.54, 1.807) is 0 Å². The molecule has 1 aromatic heterocycles. The topological polar surface area (TPSA) is 75.1 Å². The number of nitrogens with zero attached hydrogens (tertiary/aromatic N) is 2. The maximum Gasteiger partial charge on any atom is 0.452 e. The molecule has 1 heterocycles. The van der Waals surface area contributed by atoms with Gasteiger partial charge in [0.05, 0.1) is 6.42 Å². The predicted molar refractivity (Wildman–Crippen MR) is 59.5 cm³/mol. The molecule has 0 spiro atoms. The number of nitrogens with one attached hydrogen (secondary N) is 1. The highest BCUT2D eigenvalue weighted by atomic mass is 32.1. The first kappa shape index (κ1) is 14.7. The first-order valence-electron chi connectivity index (χ1n) is 5.22. The van der Waals surface area contributed by atoms with Crippen LogP contribution in [0.2, 0.25) is 0 Å². The predicted octanol–water partition coefficient (Wildman–Crippen LogP) is 2.61. The van der Waals surface area contributed by atoms with Crippen LogP contribution in [0.5, 0.6) is 0 Å². The second-order valence-electron chi connectivity index (χ2n) is 3.65. The number of aliphatic carboxylic acids is 1. The third-order valence-corrected chi connectivity index (χ3v) is 2.71. The first-order valence-corrected chi connectivity index (χ1v) is 5.99. The molecule has 1 aromatic rings. The Morgan fingerprint density at radius 1 is 1.56 bits per heavy atom. The summed E-state index contributed by atoms with van der Waals surface area (Å²) >= 11 is 0.573. The van der Waals surface area contributed by atoms with Gasteiger partial charge in [-0.15, -0.1) is 0 Å². The molecule has 0 saturated carbocycles. The second kappa shape index (κ2) is 5.98. The minimum atomic E-state index is -4.58. The van der Waals surface area contributed by atoms with Crippen LogP contribution in [-0.2, 0) is 11.0 Å². The fourth-order valence-corrected chi connectivity index (χ4v) is 2.02. The van der Waals surface area contributed by atoms with Crippen LogP contribution in [0.25, 0.3) is 0 Å². The van der Waals surface area contributed by atoms with E-state index in [9.17, 15) is 18.0 Å². The lowest BCUT2D eigenvalue weighted by molar-refractivity contribution is -0.144. The number of hydrogen-bond donors (Lipinski definition) is 2. The van der Waals surface area contributed by atoms with Gasteiger partial charge in [0.2, 0.25) is 11.0 Å². The molecule has 1 rings (SSSR count). The molecule has 0 fully saturated rings. The van der Waals surface area contributed by atoms with Crippen LogP contribution in [-0.4, -0.2) is 26.5 Å². The van der Waals surface area contributed by atoms with E-state index in [0.717, 1.165) is 6.42 Å². The number of aromatic nitrogens is 2. The van der Waals surface area contributed by atoms with Gasteiger partial charge in [0.25, 0.3) is 0 Å². The standard InChI is InChI=1S/C9H12F3N3O2S/c1-2-3-5(4-6(16)17)13-8-14-7(15-18-8)9(10,11)12/h5H,2-4H2,1H3,(H,16,17)(H,13,14,15). The van der Waals surface area contributed by atoms with E-state index < -0.39 is 24.0 Å². The van der Waals surface area contributed by atoms with Crippen LogP contribution in [0.15, 0.2) is 0 Å². The number of halogens is 3. The summed E-state index contributed by atoms with van der Waals surface area (Å²) in [4.78, 5) is 13.9. The van der Waals surface area contributed by atoms with Crippen molar-refractivity contribution >= 4 is 22.6 Å². The van der Waals surface area contributed by atoms with E-state index in [0.29, 0.717) is 18.0 Å². The number of alkyl halides is 3. The average molecular weight is 283 g/mol. The molecule has 1 atom stereocenters. The molecule has 0 aliphatic heterocycles. The zero-order valence-electron chi connectivity index (χ0n) is 9.49. The molecule has 1 unspecified atom stereocenters. The summed E-state index contributed by atoms with van der Waals surface area (Å²) in [5.74, 6) is -2.22. The van der Waals surface area contributed by atoms with Crippen LogP contribution < -0.4 is 5.32 Å². The third-order valence-electron chi connectivity index (χ3n) is 2.07. The Kier molecular flexibility index (Phi) is 4.88. The van der Waals surface area contributed by atoms with Crippen molar-refractivity contribution in [3.8, 4) is 0 Å². The second-order valence-corrected chi connectivity index (χ2v) is 4.40. The van der Waals surface area contributed by atoms with Crippen molar-refractivity contribution in [3.05, 3.63) is 5.82 Å². The van der Waals surface area contributed by atoms with Gasteiger partial charge in [0, 0.05) is 17.6 Å². The largest absolute Gasteiger partial charge is 0.481 e. The van der Waals surface area contributed by atoms with Crippen molar-refractivity contribution in [3.63, 3.8) is 0 Å². The molecule has 5 nitrogen and oxygen atoms in total. The molecule has 0 aromatic carbocycles. The Balaban J connectivity index is 2.69. The molecule has 0 radical (unpaired) electrons. The Bertz CT molecular complexity index is 408. The summed E-state index contributed by atoms with van der Waals surface area (Å²) in [6.45, 7) is 1.86. The highest BCUT2D eigenvalue weighted by Crippen LogP contribution is 2.29. The highest BCUT2D eigenvalue weighted by molar-refractivity contribution is 7.09. The van der Waals surface area contributed by atoms with Crippen LogP contribution in [0, 0.1) is 0 Å². The normalized spacial score (nSPS) is 13.3. The van der Waals surface area contributed by atoms with E-state index in [-0.39, 0.29) is 11.6 Å². The molecular weight excluding hydrogens is 271 g/mol. The molecule has 0 bridgehead atoms. The van der Waals surface area contributed by atoms with Gasteiger partial charge in [-0.3, -0.25) is 4.79 Å². The highest BCUT2D eigenvalue weighted by Gasteiger charge is 2.36. The lowest BCUT2D eigenvalue weighted by Crippen LogP contribution is -2.23. The van der Waals surface area contributed by atoms with Crippen LogP contribution >= 0.6 is 11.5 Å². The van der Waals surface area contributed by atoms with E-state index in [1.165, 1.54) is 0 Å². The van der Waals surface area contributed by atoms with Crippen LogP contribution in [0.3, 0.4) is 0 Å². The van der Waals surface area contributed by atoms with Gasteiger partial charge >= 0.3 is 12.1 Å². The molecule has 0 saturated heterocycles. The van der Waals surface area contributed by atoms with E-state index in [1.807, 2.05) is 6.92 Å². The van der Waals surface area contributed by atoms with Gasteiger partial charge in [-0.1, -0.05) is 13.3 Å². The minimum absolute atomic E-state index is 0.0120. The quantitative estimate of drug-likeness (QED) is 0.839. The third kappa shape index (κ3) is 4.47. The van der Waals surface area contributed by atoms with Crippen molar-refractivity contribution in [2.45, 2.75) is 38.4 Å². The van der Waals surface area contributed by atoms with Gasteiger partial charge in [-0.05, 0) is 6.42 Å². The van der Waals surface area contributed by atoms with E-state index in [4.69, 9.17) is 5.11 Å². The van der Waals surface area contributed by atoms with Crippen molar-refractivity contribution in [1.82, 2.24) is 9.36 Å². The lowest BCUT2D eigenvalue weighted by atomic mass is 10.1. The zero-order chi connectivity index (χ0) is 13.8. The molecule has 102 valence electrons. The summed E-state index contributed by atoms with van der Waals surface area (Å²) in [6, 6.07) is -0.443. The average Bonchev–Trinajstić information content (AvgIpc) is 2.64. The molecular formula is C9H12F3N3O2S. The zero-order valence-corrected chi connectivity index (χ0v) is 10.3. The number of carbonyl (C=O) groups is 1. The van der Waals surface area contributed by atoms with Crippen molar-refractivity contribution < 1.29 is 23.1 Å². The number of anilines is 1. The molecule has 0 amide bonds. The van der Waals surface area contributed by atoms with Gasteiger partial charge in [-0.2, -0.15) is 22.5 Å². The van der Waals surface area contributed by atoms with Gasteiger partial charge in [0.15, 0.2) is 0 Å². The SMILES string of the molecule is CCCC(CC(=O)O)Nc1nc(C(F)(F)F)ns1. The van der Waals surface area contributed by atoms with Crippen molar-refractivity contribution in [2.75, 3.05) is 5.32 Å². The molecule has 0 aliphatic rings. The van der Waals surface area contributed by atoms with Crippen molar-refractivity contribution in [2.24, 2.45) is 0 Å². The lowest BCUT2D eigenvalue weighted by Gasteiger charge is -2.14. The molecule has 9 heteroatoms. The van der Waals surface area contributed by atoms with E-state index >= 15 is 0 Å². The first-order chi connectivity index (χ1) is 8.32. The number of rotatable bonds is 6. The Morgan fingerprint density at radius 3 is 2.67 bits per heavy atom. The smallest absolute Gasteiger partial charge is 0.452 e. The Labute approximate surface area is 105 Å². The van der Waals surface area contributed by atoms with Crippen LogP contribution in [0.1, 0.15) is 32.0 Å². The Morgan fingerprint density at radius 2 is 2.22 bits per heavy atom. The monoisotopic (exact) mass is 283 g/mol. The van der Waals surface area contributed by atoms with Gasteiger partial charge < -0.3 is 10.4 Å².